The van der Waals surface area contributed by atoms with Gasteiger partial charge < -0.3 is 4.57 Å². The Bertz CT molecular complexity index is 1490. The van der Waals surface area contributed by atoms with Crippen molar-refractivity contribution in [1.82, 2.24) is 9.47 Å². The summed E-state index contributed by atoms with van der Waals surface area (Å²) in [6.45, 7) is 3.04. The number of benzene rings is 3. The quantitative estimate of drug-likeness (QED) is 0.173. The van der Waals surface area contributed by atoms with Crippen molar-refractivity contribution < 1.29 is 9.59 Å². The summed E-state index contributed by atoms with van der Waals surface area (Å²) >= 11 is 11.7. The molecule has 2 amide bonds. The number of anilines is 1. The Morgan fingerprint density at radius 1 is 0.889 bits per heavy atom. The van der Waals surface area contributed by atoms with Crippen molar-refractivity contribution in [3.8, 4) is 0 Å². The summed E-state index contributed by atoms with van der Waals surface area (Å²) in [6, 6.07) is 24.9. The van der Waals surface area contributed by atoms with E-state index in [1.165, 1.54) is 9.80 Å². The third-order valence-electron chi connectivity index (χ3n) is 6.18. The van der Waals surface area contributed by atoms with Gasteiger partial charge in [0.05, 0.1) is 5.69 Å². The van der Waals surface area contributed by atoms with Crippen LogP contribution in [-0.4, -0.2) is 32.9 Å². The first kappa shape index (κ1) is 24.0. The zero-order valence-corrected chi connectivity index (χ0v) is 21.3. The van der Waals surface area contributed by atoms with Crippen LogP contribution in [-0.2, 0) is 16.1 Å². The lowest BCUT2D eigenvalue weighted by Crippen LogP contribution is -2.56. The minimum atomic E-state index is -0.418. The van der Waals surface area contributed by atoms with Crippen LogP contribution in [0.15, 0.2) is 90.6 Å². The number of amides is 2. The molecule has 7 heteroatoms. The average Bonchev–Trinajstić information content (AvgIpc) is 3.23. The minimum absolute atomic E-state index is 0.0929. The first-order valence-corrected chi connectivity index (χ1v) is 12.6. The maximum Gasteiger partial charge on any atom is 0.270 e. The van der Waals surface area contributed by atoms with Crippen molar-refractivity contribution in [2.75, 3.05) is 11.4 Å². The number of hydrogen-bond donors (Lipinski definition) is 0. The number of carbonyl (C=O) groups is 2. The summed E-state index contributed by atoms with van der Waals surface area (Å²) < 4.78 is 2.12. The van der Waals surface area contributed by atoms with Crippen LogP contribution in [0.4, 0.5) is 5.69 Å². The van der Waals surface area contributed by atoms with Gasteiger partial charge in [-0.3, -0.25) is 19.4 Å². The zero-order chi connectivity index (χ0) is 25.2. The zero-order valence-electron chi connectivity index (χ0n) is 19.7. The molecular formula is C29H24ClN3O2S. The summed E-state index contributed by atoms with van der Waals surface area (Å²) in [5.74, 6) is -0.786. The van der Waals surface area contributed by atoms with E-state index in [0.717, 1.165) is 28.5 Å². The van der Waals surface area contributed by atoms with E-state index in [0.29, 0.717) is 23.8 Å². The molecule has 3 aromatic carbocycles. The Hall–Kier alpha value is -3.74. The molecule has 36 heavy (non-hydrogen) atoms. The molecule has 2 heterocycles. The summed E-state index contributed by atoms with van der Waals surface area (Å²) in [4.78, 5) is 30.1. The molecule has 1 aliphatic rings. The van der Waals surface area contributed by atoms with E-state index in [2.05, 4.69) is 4.57 Å². The van der Waals surface area contributed by atoms with E-state index < -0.39 is 5.91 Å². The highest BCUT2D eigenvalue weighted by Gasteiger charge is 2.40. The number of para-hydroxylation sites is 2. The van der Waals surface area contributed by atoms with Crippen LogP contribution >= 0.6 is 23.8 Å². The van der Waals surface area contributed by atoms with E-state index in [4.69, 9.17) is 23.8 Å². The number of carbonyl (C=O) groups excluding carboxylic acids is 2. The molecule has 0 N–H and O–H groups in total. The lowest BCUT2D eigenvalue weighted by molar-refractivity contribution is -0.127. The Morgan fingerprint density at radius 2 is 1.58 bits per heavy atom. The molecule has 0 unspecified atom stereocenters. The van der Waals surface area contributed by atoms with Gasteiger partial charge in [0, 0.05) is 40.8 Å². The molecule has 1 fully saturated rings. The number of fused-ring (bicyclic) bond motifs is 1. The lowest BCUT2D eigenvalue weighted by Gasteiger charge is -2.36. The highest BCUT2D eigenvalue weighted by atomic mass is 35.5. The molecule has 0 radical (unpaired) electrons. The maximum atomic E-state index is 13.7. The van der Waals surface area contributed by atoms with Crippen LogP contribution in [0.25, 0.3) is 17.0 Å². The summed E-state index contributed by atoms with van der Waals surface area (Å²) in [6.07, 6.45) is 4.40. The van der Waals surface area contributed by atoms with E-state index >= 15 is 0 Å². The molecule has 4 aromatic rings. The summed E-state index contributed by atoms with van der Waals surface area (Å²) in [5.41, 5.74) is 3.63. The Kier molecular flexibility index (Phi) is 6.72. The summed E-state index contributed by atoms with van der Waals surface area (Å²) in [5, 5.41) is 1.86. The highest BCUT2D eigenvalue weighted by molar-refractivity contribution is 7.80. The molecule has 180 valence electrons. The molecule has 0 spiro atoms. The third-order valence-corrected chi connectivity index (χ3v) is 6.83. The number of hydrogen-bond acceptors (Lipinski definition) is 3. The molecule has 5 rings (SSSR count). The van der Waals surface area contributed by atoms with Crippen LogP contribution in [0, 0.1) is 0 Å². The molecule has 1 aromatic heterocycles. The molecular weight excluding hydrogens is 490 g/mol. The van der Waals surface area contributed by atoms with E-state index in [1.807, 2.05) is 92.0 Å². The molecule has 0 aliphatic carbocycles. The first-order valence-electron chi connectivity index (χ1n) is 11.8. The molecule has 0 saturated carbocycles. The number of halogens is 1. The Labute approximate surface area is 220 Å². The topological polar surface area (TPSA) is 45.6 Å². The predicted molar refractivity (Wildman–Crippen MR) is 149 cm³/mol. The second kappa shape index (κ2) is 10.1. The van der Waals surface area contributed by atoms with E-state index in [9.17, 15) is 9.59 Å². The van der Waals surface area contributed by atoms with Gasteiger partial charge in [0.15, 0.2) is 5.11 Å². The van der Waals surface area contributed by atoms with Gasteiger partial charge in [-0.05, 0) is 60.6 Å². The van der Waals surface area contributed by atoms with Gasteiger partial charge in [-0.2, -0.15) is 0 Å². The summed E-state index contributed by atoms with van der Waals surface area (Å²) in [7, 11) is 0. The van der Waals surface area contributed by atoms with Gasteiger partial charge in [-0.15, -0.1) is 0 Å². The maximum absolute atomic E-state index is 13.7. The van der Waals surface area contributed by atoms with Gasteiger partial charge in [-0.1, -0.05) is 67.1 Å². The first-order chi connectivity index (χ1) is 17.5. The van der Waals surface area contributed by atoms with E-state index in [-0.39, 0.29) is 16.6 Å². The van der Waals surface area contributed by atoms with Crippen LogP contribution in [0.1, 0.15) is 24.5 Å². The fourth-order valence-electron chi connectivity index (χ4n) is 4.46. The molecule has 1 aliphatic heterocycles. The van der Waals surface area contributed by atoms with Crippen LogP contribution in [0.3, 0.4) is 0 Å². The second-order valence-electron chi connectivity index (χ2n) is 8.63. The van der Waals surface area contributed by atoms with Crippen LogP contribution < -0.4 is 4.90 Å². The SMILES string of the molecule is CCCN1C(=O)/C(=C\c2cn(Cc3ccc(Cl)cc3)c3ccccc23)C(=O)N(c2ccccc2)C1=S. The van der Waals surface area contributed by atoms with Crippen molar-refractivity contribution >= 4 is 63.4 Å². The molecule has 0 bridgehead atoms. The van der Waals surface area contributed by atoms with Crippen molar-refractivity contribution in [2.45, 2.75) is 19.9 Å². The lowest BCUT2D eigenvalue weighted by atomic mass is 10.0. The van der Waals surface area contributed by atoms with Crippen molar-refractivity contribution in [1.29, 1.82) is 0 Å². The second-order valence-corrected chi connectivity index (χ2v) is 9.43. The van der Waals surface area contributed by atoms with Gasteiger partial charge in [0.1, 0.15) is 5.57 Å². The van der Waals surface area contributed by atoms with Crippen molar-refractivity contribution in [3.05, 3.63) is 107 Å². The predicted octanol–water partition coefficient (Wildman–Crippen LogP) is 6.30. The molecule has 5 nitrogen and oxygen atoms in total. The van der Waals surface area contributed by atoms with Crippen LogP contribution in [0.5, 0.6) is 0 Å². The minimum Gasteiger partial charge on any atom is -0.342 e. The third kappa shape index (κ3) is 4.45. The monoisotopic (exact) mass is 513 g/mol. The largest absolute Gasteiger partial charge is 0.342 e. The van der Waals surface area contributed by atoms with Gasteiger partial charge >= 0.3 is 0 Å². The Morgan fingerprint density at radius 3 is 2.31 bits per heavy atom. The average molecular weight is 514 g/mol. The Balaban J connectivity index is 1.60. The van der Waals surface area contributed by atoms with E-state index in [1.54, 1.807) is 6.08 Å². The van der Waals surface area contributed by atoms with Crippen molar-refractivity contribution in [2.24, 2.45) is 0 Å². The smallest absolute Gasteiger partial charge is 0.270 e. The standard InChI is InChI=1S/C29H24ClN3O2S/c1-2-16-32-27(34)25(28(35)33(29(32)36)23-8-4-3-5-9-23)17-21-19-31(26-11-7-6-10-24(21)26)18-20-12-14-22(30)15-13-20/h3-15,17,19H,2,16,18H2,1H3/b25-17+. The number of nitrogens with zero attached hydrogens (tertiary/aromatic N) is 3. The molecule has 1 saturated heterocycles. The highest BCUT2D eigenvalue weighted by Crippen LogP contribution is 2.29. The fourth-order valence-corrected chi connectivity index (χ4v) is 4.95. The number of rotatable bonds is 6. The number of aromatic nitrogens is 1. The van der Waals surface area contributed by atoms with Crippen LogP contribution in [0.2, 0.25) is 5.02 Å². The fraction of sp³-hybridized carbons (Fsp3) is 0.138. The molecule has 0 atom stereocenters. The van der Waals surface area contributed by atoms with Crippen molar-refractivity contribution in [3.63, 3.8) is 0 Å². The van der Waals surface area contributed by atoms with Gasteiger partial charge in [0.25, 0.3) is 11.8 Å². The van der Waals surface area contributed by atoms with Gasteiger partial charge in [-0.25, -0.2) is 0 Å². The van der Waals surface area contributed by atoms with Gasteiger partial charge in [0.2, 0.25) is 0 Å². The normalized spacial score (nSPS) is 15.4. The number of thiocarbonyl (C=S) groups is 1.